The monoisotopic (exact) mass is 438 g/mol. The predicted molar refractivity (Wildman–Crippen MR) is 108 cm³/mol. The van der Waals surface area contributed by atoms with Crippen LogP contribution in [-0.4, -0.2) is 55.8 Å². The van der Waals surface area contributed by atoms with E-state index in [-0.39, 0.29) is 51.5 Å². The molecule has 2 bridgehead atoms. The van der Waals surface area contributed by atoms with Gasteiger partial charge in [0.05, 0.1) is 0 Å². The third-order valence-corrected chi connectivity index (χ3v) is 9.41. The summed E-state index contributed by atoms with van der Waals surface area (Å²) in [6, 6.07) is 10.3. The Balaban J connectivity index is 2.11. The summed E-state index contributed by atoms with van der Waals surface area (Å²) in [5, 5.41) is 20.8. The molecule has 3 fully saturated rings. The van der Waals surface area contributed by atoms with Crippen molar-refractivity contribution in [1.29, 1.82) is 0 Å². The first kappa shape index (κ1) is 20.8. The van der Waals surface area contributed by atoms with Gasteiger partial charge >= 0.3 is 168 Å². The van der Waals surface area contributed by atoms with Gasteiger partial charge in [-0.05, 0) is 0 Å². The fourth-order valence-electron chi connectivity index (χ4n) is 4.83. The van der Waals surface area contributed by atoms with Gasteiger partial charge in [0.2, 0.25) is 0 Å². The molecule has 1 aromatic carbocycles. The molecule has 2 heterocycles. The number of methoxy groups -OCH3 is 1. The van der Waals surface area contributed by atoms with Crippen LogP contribution in [0.1, 0.15) is 20.3 Å². The normalized spacial score (nSPS) is 36.4. The van der Waals surface area contributed by atoms with Crippen LogP contribution in [0.25, 0.3) is 0 Å². The topological polar surface area (TPSA) is 58.9 Å². The summed E-state index contributed by atoms with van der Waals surface area (Å²) in [6.45, 7) is 12.2. The van der Waals surface area contributed by atoms with E-state index in [2.05, 4.69) is 32.2 Å². The molecule has 27 heavy (non-hydrogen) atoms. The molecule has 0 spiro atoms. The predicted octanol–water partition coefficient (Wildman–Crippen LogP) is 2.09. The summed E-state index contributed by atoms with van der Waals surface area (Å²) in [4.78, 5) is 0. The number of benzene rings is 1. The summed E-state index contributed by atoms with van der Waals surface area (Å²) in [7, 11) is 1.69. The van der Waals surface area contributed by atoms with Gasteiger partial charge in [0.25, 0.3) is 0 Å². The average Bonchev–Trinajstić information content (AvgIpc) is 2.67. The molecule has 1 saturated carbocycles. The standard InChI is InChI=1S/C22H30O4Se/c1-13(2)18-17-11-15(4)22(26-21(17)25-5,19(18)20(24)14(3)12-23)27-16-9-7-6-8-10-16/h6-10,15,17-21,23-24H,1,3,11-12H2,2,4-5H3/t15-,17-,18-,19-,20?,21-,22?/m1/s1. The summed E-state index contributed by atoms with van der Waals surface area (Å²) < 4.78 is 13.0. The van der Waals surface area contributed by atoms with Gasteiger partial charge in [0, 0.05) is 0 Å². The van der Waals surface area contributed by atoms with Crippen LogP contribution in [0, 0.1) is 23.7 Å². The Morgan fingerprint density at radius 1 is 1.37 bits per heavy atom. The third-order valence-electron chi connectivity index (χ3n) is 6.06. The zero-order valence-electron chi connectivity index (χ0n) is 16.3. The van der Waals surface area contributed by atoms with E-state index in [1.165, 1.54) is 4.46 Å². The average molecular weight is 437 g/mol. The summed E-state index contributed by atoms with van der Waals surface area (Å²) in [5.74, 6) is 0.261. The molecule has 1 aliphatic carbocycles. The van der Waals surface area contributed by atoms with Crippen molar-refractivity contribution >= 4 is 19.4 Å². The van der Waals surface area contributed by atoms with E-state index in [1.807, 2.05) is 25.1 Å². The van der Waals surface area contributed by atoms with Crippen LogP contribution < -0.4 is 4.46 Å². The van der Waals surface area contributed by atoms with E-state index >= 15 is 0 Å². The summed E-state index contributed by atoms with van der Waals surface area (Å²) in [5.41, 5.74) is 1.46. The zero-order valence-corrected chi connectivity index (χ0v) is 18.0. The molecule has 4 nitrogen and oxygen atoms in total. The van der Waals surface area contributed by atoms with E-state index in [0.717, 1.165) is 12.0 Å². The van der Waals surface area contributed by atoms with Crippen LogP contribution in [0.3, 0.4) is 0 Å². The Morgan fingerprint density at radius 3 is 2.59 bits per heavy atom. The van der Waals surface area contributed by atoms with E-state index < -0.39 is 10.6 Å². The molecule has 2 saturated heterocycles. The number of allylic oxidation sites excluding steroid dienone is 1. The number of hydrogen-bond donors (Lipinski definition) is 2. The summed E-state index contributed by atoms with van der Waals surface area (Å²) >= 11 is -0.0507. The molecule has 2 N–H and O–H groups in total. The van der Waals surface area contributed by atoms with E-state index in [0.29, 0.717) is 5.57 Å². The van der Waals surface area contributed by atoms with Crippen molar-refractivity contribution in [3.63, 3.8) is 0 Å². The first-order valence-corrected chi connectivity index (χ1v) is 11.1. The molecule has 2 unspecified atom stereocenters. The van der Waals surface area contributed by atoms with Crippen molar-refractivity contribution < 1.29 is 19.7 Å². The molecule has 2 aliphatic heterocycles. The van der Waals surface area contributed by atoms with Crippen molar-refractivity contribution in [1.82, 2.24) is 0 Å². The van der Waals surface area contributed by atoms with Gasteiger partial charge in [-0.1, -0.05) is 0 Å². The van der Waals surface area contributed by atoms with Crippen LogP contribution >= 0.6 is 0 Å². The first-order valence-electron chi connectivity index (χ1n) is 9.42. The third kappa shape index (κ3) is 3.57. The fourth-order valence-corrected chi connectivity index (χ4v) is 8.01. The molecule has 0 radical (unpaired) electrons. The molecule has 1 aromatic rings. The van der Waals surface area contributed by atoms with Crippen molar-refractivity contribution in [2.75, 3.05) is 13.7 Å². The number of hydrogen-bond acceptors (Lipinski definition) is 4. The second kappa shape index (κ2) is 8.20. The second-order valence-electron chi connectivity index (χ2n) is 7.82. The number of aliphatic hydroxyl groups excluding tert-OH is 2. The number of aliphatic hydroxyl groups is 2. The minimum absolute atomic E-state index is 0.0507. The van der Waals surface area contributed by atoms with Gasteiger partial charge in [-0.2, -0.15) is 0 Å². The van der Waals surface area contributed by atoms with Gasteiger partial charge in [0.15, 0.2) is 0 Å². The Kier molecular flexibility index (Phi) is 6.31. The van der Waals surface area contributed by atoms with Crippen molar-refractivity contribution in [2.45, 2.75) is 37.2 Å². The van der Waals surface area contributed by atoms with Gasteiger partial charge < -0.3 is 0 Å². The van der Waals surface area contributed by atoms with Crippen molar-refractivity contribution in [3.8, 4) is 0 Å². The Hall–Kier alpha value is -0.941. The molecule has 0 amide bonds. The van der Waals surface area contributed by atoms with E-state index in [4.69, 9.17) is 9.47 Å². The van der Waals surface area contributed by atoms with Gasteiger partial charge in [-0.3, -0.25) is 0 Å². The maximum absolute atomic E-state index is 11.2. The van der Waals surface area contributed by atoms with Crippen LogP contribution in [0.4, 0.5) is 0 Å². The molecular formula is C22H30O4Se. The molecule has 148 valence electrons. The molecular weight excluding hydrogens is 407 g/mol. The number of fused-ring (bicyclic) bond motifs is 3. The molecule has 5 heteroatoms. The second-order valence-corrected chi connectivity index (χ2v) is 10.6. The summed E-state index contributed by atoms with van der Waals surface area (Å²) in [6.07, 6.45) is -0.177. The van der Waals surface area contributed by atoms with Crippen LogP contribution in [-0.2, 0) is 9.47 Å². The molecule has 4 rings (SSSR count). The minimum atomic E-state index is -0.842. The molecule has 0 aromatic heterocycles. The Morgan fingerprint density at radius 2 is 2.04 bits per heavy atom. The van der Waals surface area contributed by atoms with Gasteiger partial charge in [0.1, 0.15) is 0 Å². The molecule has 7 atom stereocenters. The first-order chi connectivity index (χ1) is 12.9. The Bertz CT molecular complexity index is 691. The van der Waals surface area contributed by atoms with Crippen LogP contribution in [0.5, 0.6) is 0 Å². The van der Waals surface area contributed by atoms with Crippen molar-refractivity contribution in [2.24, 2.45) is 23.7 Å². The quantitative estimate of drug-likeness (QED) is 0.507. The fraction of sp³-hybridized carbons (Fsp3) is 0.545. The number of ether oxygens (including phenoxy) is 2. The van der Waals surface area contributed by atoms with E-state index in [1.54, 1.807) is 7.11 Å². The zero-order chi connectivity index (χ0) is 19.8. The Labute approximate surface area is 168 Å². The molecule has 3 aliphatic rings. The number of rotatable bonds is 7. The van der Waals surface area contributed by atoms with Gasteiger partial charge in [-0.25, -0.2) is 0 Å². The maximum atomic E-state index is 11.2. The van der Waals surface area contributed by atoms with Gasteiger partial charge in [-0.15, -0.1) is 0 Å². The van der Waals surface area contributed by atoms with E-state index in [9.17, 15) is 10.2 Å². The van der Waals surface area contributed by atoms with Crippen LogP contribution in [0.15, 0.2) is 54.6 Å². The SMILES string of the molecule is C=C(CO)C(O)[C@H]1[C@H](C(=C)C)[C@H]2C[C@@H](C)C1([Se]c1ccccc1)O[C@H]2OC. The van der Waals surface area contributed by atoms with Crippen molar-refractivity contribution in [3.05, 3.63) is 54.6 Å². The van der Waals surface area contributed by atoms with Crippen LogP contribution in [0.2, 0.25) is 0 Å².